The highest BCUT2D eigenvalue weighted by molar-refractivity contribution is 9.10. The van der Waals surface area contributed by atoms with Gasteiger partial charge in [-0.15, -0.1) is 0 Å². The van der Waals surface area contributed by atoms with Crippen LogP contribution >= 0.6 is 31.9 Å². The van der Waals surface area contributed by atoms with Gasteiger partial charge in [-0.25, -0.2) is 0 Å². The molecule has 0 radical (unpaired) electrons. The number of rotatable bonds is 6. The molecule has 0 aromatic carbocycles. The Morgan fingerprint density at radius 2 is 2.06 bits per heavy atom. The van der Waals surface area contributed by atoms with E-state index in [1.807, 2.05) is 0 Å². The maximum absolute atomic E-state index is 12.0. The fourth-order valence-electron chi connectivity index (χ4n) is 1.64. The summed E-state index contributed by atoms with van der Waals surface area (Å²) in [4.78, 5) is 16.0. The van der Waals surface area contributed by atoms with Crippen LogP contribution < -0.4 is 5.32 Å². The predicted octanol–water partition coefficient (Wildman–Crippen LogP) is 3.78. The van der Waals surface area contributed by atoms with E-state index in [0.717, 1.165) is 22.6 Å². The van der Waals surface area contributed by atoms with Gasteiger partial charge < -0.3 is 5.32 Å². The molecule has 1 heterocycles. The quantitative estimate of drug-likeness (QED) is 0.766. The van der Waals surface area contributed by atoms with Gasteiger partial charge in [-0.3, -0.25) is 9.78 Å². The predicted molar refractivity (Wildman–Crippen MR) is 81.1 cm³/mol. The van der Waals surface area contributed by atoms with Crippen molar-refractivity contribution in [3.05, 3.63) is 28.5 Å². The minimum Gasteiger partial charge on any atom is -0.351 e. The molecule has 0 saturated heterocycles. The molecular weight excluding hydrogens is 360 g/mol. The second kappa shape index (κ2) is 7.24. The zero-order chi connectivity index (χ0) is 13.6. The van der Waals surface area contributed by atoms with Gasteiger partial charge in [0.15, 0.2) is 0 Å². The normalized spacial score (nSPS) is 11.3. The lowest BCUT2D eigenvalue weighted by Gasteiger charge is -2.29. The molecule has 1 N–H and O–H groups in total. The minimum absolute atomic E-state index is 0.0731. The van der Waals surface area contributed by atoms with Crippen LogP contribution in [0.3, 0.4) is 0 Å². The molecule has 1 rings (SSSR count). The SMILES string of the molecule is CCC(CC)(CBr)CNC(=O)c1cncc(Br)c1. The van der Waals surface area contributed by atoms with E-state index in [4.69, 9.17) is 0 Å². The monoisotopic (exact) mass is 376 g/mol. The average Bonchev–Trinajstić information content (AvgIpc) is 2.40. The van der Waals surface area contributed by atoms with E-state index in [2.05, 4.69) is 56.0 Å². The first-order valence-electron chi connectivity index (χ1n) is 6.01. The second-order valence-electron chi connectivity index (χ2n) is 4.42. The molecule has 0 saturated carbocycles. The van der Waals surface area contributed by atoms with Gasteiger partial charge in [0.25, 0.3) is 5.91 Å². The summed E-state index contributed by atoms with van der Waals surface area (Å²) < 4.78 is 0.813. The Kier molecular flexibility index (Phi) is 6.29. The maximum atomic E-state index is 12.0. The van der Waals surface area contributed by atoms with Gasteiger partial charge >= 0.3 is 0 Å². The number of nitrogens with zero attached hydrogens (tertiary/aromatic N) is 1. The van der Waals surface area contributed by atoms with Crippen molar-refractivity contribution < 1.29 is 4.79 Å². The molecule has 100 valence electrons. The van der Waals surface area contributed by atoms with Crippen molar-refractivity contribution in [1.29, 1.82) is 0 Å². The van der Waals surface area contributed by atoms with Gasteiger partial charge in [-0.2, -0.15) is 0 Å². The zero-order valence-electron chi connectivity index (χ0n) is 10.7. The lowest BCUT2D eigenvalue weighted by molar-refractivity contribution is 0.0932. The van der Waals surface area contributed by atoms with Crippen molar-refractivity contribution in [2.24, 2.45) is 5.41 Å². The van der Waals surface area contributed by atoms with Crippen LogP contribution in [-0.2, 0) is 0 Å². The van der Waals surface area contributed by atoms with E-state index in [9.17, 15) is 4.79 Å². The van der Waals surface area contributed by atoms with E-state index >= 15 is 0 Å². The summed E-state index contributed by atoms with van der Waals surface area (Å²) in [6.45, 7) is 4.98. The largest absolute Gasteiger partial charge is 0.351 e. The van der Waals surface area contributed by atoms with Crippen molar-refractivity contribution in [2.45, 2.75) is 26.7 Å². The number of aromatic nitrogens is 1. The Labute approximate surface area is 125 Å². The summed E-state index contributed by atoms with van der Waals surface area (Å²) in [6.07, 6.45) is 5.31. The molecule has 0 spiro atoms. The van der Waals surface area contributed by atoms with Gasteiger partial charge in [0.1, 0.15) is 0 Å². The molecule has 0 aliphatic heterocycles. The molecule has 18 heavy (non-hydrogen) atoms. The summed E-state index contributed by atoms with van der Waals surface area (Å²) in [5.74, 6) is -0.0731. The molecule has 1 aromatic heterocycles. The van der Waals surface area contributed by atoms with Crippen LogP contribution in [0.25, 0.3) is 0 Å². The average molecular weight is 378 g/mol. The number of amides is 1. The molecular formula is C13H18Br2N2O. The summed E-state index contributed by atoms with van der Waals surface area (Å²) in [5.41, 5.74) is 0.717. The summed E-state index contributed by atoms with van der Waals surface area (Å²) in [7, 11) is 0. The first-order chi connectivity index (χ1) is 8.56. The number of carbonyl (C=O) groups is 1. The molecule has 0 unspecified atom stereocenters. The Morgan fingerprint density at radius 3 is 2.56 bits per heavy atom. The van der Waals surface area contributed by atoms with Gasteiger partial charge in [-0.1, -0.05) is 29.8 Å². The number of halogens is 2. The number of hydrogen-bond acceptors (Lipinski definition) is 2. The number of carbonyl (C=O) groups excluding carboxylic acids is 1. The highest BCUT2D eigenvalue weighted by Crippen LogP contribution is 2.27. The third kappa shape index (κ3) is 4.05. The Hall–Kier alpha value is -0.420. The molecule has 0 bridgehead atoms. The van der Waals surface area contributed by atoms with Gasteiger partial charge in [-0.05, 0) is 40.3 Å². The van der Waals surface area contributed by atoms with Gasteiger partial charge in [0.05, 0.1) is 5.56 Å². The number of nitrogens with one attached hydrogen (secondary N) is 1. The van der Waals surface area contributed by atoms with Gasteiger partial charge in [0, 0.05) is 28.7 Å². The van der Waals surface area contributed by atoms with E-state index in [1.54, 1.807) is 18.5 Å². The van der Waals surface area contributed by atoms with Gasteiger partial charge in [0.2, 0.25) is 0 Å². The van der Waals surface area contributed by atoms with Crippen molar-refractivity contribution >= 4 is 37.8 Å². The fourth-order valence-corrected chi connectivity index (χ4v) is 3.00. The molecule has 0 aliphatic rings. The molecule has 0 aliphatic carbocycles. The molecule has 1 amide bonds. The molecule has 1 aromatic rings. The van der Waals surface area contributed by atoms with Crippen LogP contribution in [0.2, 0.25) is 0 Å². The first-order valence-corrected chi connectivity index (χ1v) is 7.93. The molecule has 5 heteroatoms. The Balaban J connectivity index is 2.66. The van der Waals surface area contributed by atoms with Crippen molar-refractivity contribution in [1.82, 2.24) is 10.3 Å². The zero-order valence-corrected chi connectivity index (χ0v) is 13.8. The van der Waals surface area contributed by atoms with Crippen molar-refractivity contribution in [3.8, 4) is 0 Å². The fraction of sp³-hybridized carbons (Fsp3) is 0.538. The Morgan fingerprint density at radius 1 is 1.39 bits per heavy atom. The summed E-state index contributed by atoms with van der Waals surface area (Å²) in [5, 5.41) is 3.88. The van der Waals surface area contributed by atoms with Crippen molar-refractivity contribution in [3.63, 3.8) is 0 Å². The van der Waals surface area contributed by atoms with E-state index < -0.39 is 0 Å². The van der Waals surface area contributed by atoms with Crippen LogP contribution in [0.4, 0.5) is 0 Å². The molecule has 0 atom stereocenters. The number of alkyl halides is 1. The van der Waals surface area contributed by atoms with Crippen LogP contribution in [0.1, 0.15) is 37.0 Å². The van der Waals surface area contributed by atoms with E-state index in [1.165, 1.54) is 0 Å². The third-order valence-electron chi connectivity index (χ3n) is 3.37. The van der Waals surface area contributed by atoms with Crippen LogP contribution in [0.5, 0.6) is 0 Å². The minimum atomic E-state index is -0.0731. The lowest BCUT2D eigenvalue weighted by atomic mass is 9.84. The van der Waals surface area contributed by atoms with Crippen LogP contribution in [0.15, 0.2) is 22.9 Å². The molecule has 3 nitrogen and oxygen atoms in total. The summed E-state index contributed by atoms with van der Waals surface area (Å²) >= 11 is 6.85. The highest BCUT2D eigenvalue weighted by atomic mass is 79.9. The smallest absolute Gasteiger partial charge is 0.252 e. The van der Waals surface area contributed by atoms with Crippen LogP contribution in [-0.4, -0.2) is 22.8 Å². The standard InChI is InChI=1S/C13H18Br2N2O/c1-3-13(4-2,8-14)9-17-12(18)10-5-11(15)7-16-6-10/h5-7H,3-4,8-9H2,1-2H3,(H,17,18). The van der Waals surface area contributed by atoms with Crippen LogP contribution in [0, 0.1) is 5.41 Å². The van der Waals surface area contributed by atoms with E-state index in [-0.39, 0.29) is 11.3 Å². The summed E-state index contributed by atoms with van der Waals surface area (Å²) in [6, 6.07) is 1.77. The Bertz CT molecular complexity index is 397. The third-order valence-corrected chi connectivity index (χ3v) is 5.00. The maximum Gasteiger partial charge on any atom is 0.252 e. The second-order valence-corrected chi connectivity index (χ2v) is 5.89. The number of hydrogen-bond donors (Lipinski definition) is 1. The van der Waals surface area contributed by atoms with E-state index in [0.29, 0.717) is 12.1 Å². The lowest BCUT2D eigenvalue weighted by Crippen LogP contribution is -2.38. The highest BCUT2D eigenvalue weighted by Gasteiger charge is 2.25. The van der Waals surface area contributed by atoms with Crippen molar-refractivity contribution in [2.75, 3.05) is 11.9 Å². The molecule has 0 fully saturated rings. The topological polar surface area (TPSA) is 42.0 Å². The first kappa shape index (κ1) is 15.6. The number of pyridine rings is 1.